The van der Waals surface area contributed by atoms with E-state index >= 15 is 0 Å². The summed E-state index contributed by atoms with van der Waals surface area (Å²) in [6.07, 6.45) is -11.2. The molecule has 1 aliphatic rings. The van der Waals surface area contributed by atoms with Gasteiger partial charge in [0.25, 0.3) is 0 Å². The van der Waals surface area contributed by atoms with Crippen molar-refractivity contribution in [1.29, 1.82) is 0 Å². The minimum Gasteiger partial charge on any atom is -0.460 e. The van der Waals surface area contributed by atoms with Gasteiger partial charge in [-0.2, -0.15) is 26.3 Å². The first-order valence-corrected chi connectivity index (χ1v) is 12.6. The summed E-state index contributed by atoms with van der Waals surface area (Å²) in [6.45, 7) is 8.12. The molecule has 0 N–H and O–H groups in total. The van der Waals surface area contributed by atoms with Crippen molar-refractivity contribution < 1.29 is 45.1 Å². The molecule has 1 atom stereocenters. The van der Waals surface area contributed by atoms with Crippen LogP contribution in [0.1, 0.15) is 90.2 Å². The number of hydrogen-bond donors (Lipinski definition) is 0. The molecule has 0 aliphatic heterocycles. The number of hydrogen-bond acceptors (Lipinski definition) is 3. The minimum atomic E-state index is -6.22. The molecule has 3 nitrogen and oxygen atoms in total. The second-order valence-electron chi connectivity index (χ2n) is 11.0. The van der Waals surface area contributed by atoms with Gasteiger partial charge in [-0.05, 0) is 86.8 Å². The molecule has 10 heteroatoms. The smallest absolute Gasteiger partial charge is 0.435 e. The van der Waals surface area contributed by atoms with Crippen molar-refractivity contribution in [2.45, 2.75) is 96.3 Å². The maximum Gasteiger partial charge on any atom is 0.435 e. The lowest BCUT2D eigenvalue weighted by Crippen LogP contribution is -2.50. The van der Waals surface area contributed by atoms with Gasteiger partial charge in [-0.3, -0.25) is 9.59 Å². The molecule has 0 radical (unpaired) electrons. The lowest BCUT2D eigenvalue weighted by Gasteiger charge is -2.31. The SMILES string of the molecule is CCc1cc(C(F)(C(F)(F)F)C(F)(F)F)cc(C)c1CC(=O)c1ccc2c(c1)CCC2CC(=O)OC(C)(C)C. The molecule has 2 aromatic rings. The zero-order valence-corrected chi connectivity index (χ0v) is 22.4. The molecule has 214 valence electrons. The number of ether oxygens (including phenoxy) is 1. The van der Waals surface area contributed by atoms with Crippen LogP contribution in [-0.2, 0) is 34.5 Å². The van der Waals surface area contributed by atoms with Crippen LogP contribution < -0.4 is 0 Å². The van der Waals surface area contributed by atoms with Crippen LogP contribution in [0.2, 0.25) is 0 Å². The van der Waals surface area contributed by atoms with Crippen LogP contribution in [0.15, 0.2) is 30.3 Å². The van der Waals surface area contributed by atoms with Crippen molar-refractivity contribution >= 4 is 11.8 Å². The number of carbonyl (C=O) groups excluding carboxylic acids is 2. The average molecular weight is 561 g/mol. The van der Waals surface area contributed by atoms with Crippen molar-refractivity contribution in [1.82, 2.24) is 0 Å². The van der Waals surface area contributed by atoms with Crippen LogP contribution >= 0.6 is 0 Å². The monoisotopic (exact) mass is 560 g/mol. The van der Waals surface area contributed by atoms with Gasteiger partial charge in [0.2, 0.25) is 0 Å². The van der Waals surface area contributed by atoms with E-state index in [1.807, 2.05) is 0 Å². The van der Waals surface area contributed by atoms with E-state index in [-0.39, 0.29) is 53.6 Å². The highest BCUT2D eigenvalue weighted by Crippen LogP contribution is 2.53. The van der Waals surface area contributed by atoms with E-state index in [0.29, 0.717) is 30.5 Å². The maximum absolute atomic E-state index is 14.7. The largest absolute Gasteiger partial charge is 0.460 e. The van der Waals surface area contributed by atoms with E-state index < -0.39 is 29.2 Å². The topological polar surface area (TPSA) is 43.4 Å². The standard InChI is InChI=1S/C29H31F7O3/c1-6-17-13-21(27(30,28(31,32)33)29(34,35)36)11-16(2)23(17)15-24(37)20-9-10-22-18(12-20)7-8-19(22)14-25(38)39-26(3,4)5/h9-13,19H,6-8,14-15H2,1-5H3. The van der Waals surface area contributed by atoms with Crippen LogP contribution in [0.25, 0.3) is 0 Å². The van der Waals surface area contributed by atoms with E-state index in [1.54, 1.807) is 39.0 Å². The van der Waals surface area contributed by atoms with E-state index in [4.69, 9.17) is 4.74 Å². The van der Waals surface area contributed by atoms with Gasteiger partial charge in [0.15, 0.2) is 5.78 Å². The summed E-state index contributed by atoms with van der Waals surface area (Å²) in [5, 5.41) is 0. The summed E-state index contributed by atoms with van der Waals surface area (Å²) < 4.78 is 99.8. The Bertz CT molecular complexity index is 1240. The van der Waals surface area contributed by atoms with Crippen LogP contribution in [-0.4, -0.2) is 29.7 Å². The van der Waals surface area contributed by atoms with Gasteiger partial charge in [-0.25, -0.2) is 4.39 Å². The number of ketones is 1. The number of esters is 1. The highest BCUT2D eigenvalue weighted by molar-refractivity contribution is 5.98. The molecular formula is C29H31F7O3. The Hall–Kier alpha value is -2.91. The van der Waals surface area contributed by atoms with Crippen LogP contribution in [0, 0.1) is 6.92 Å². The van der Waals surface area contributed by atoms with Crippen LogP contribution in [0.3, 0.4) is 0 Å². The normalized spacial score (nSPS) is 16.3. The lowest BCUT2D eigenvalue weighted by molar-refractivity contribution is -0.348. The number of carbonyl (C=O) groups is 2. The molecule has 3 rings (SSSR count). The van der Waals surface area contributed by atoms with Crippen LogP contribution in [0.4, 0.5) is 30.7 Å². The van der Waals surface area contributed by atoms with Gasteiger partial charge in [0.1, 0.15) is 5.60 Å². The first kappa shape index (κ1) is 30.6. The molecule has 0 amide bonds. The quantitative estimate of drug-likeness (QED) is 0.196. The van der Waals surface area contributed by atoms with Crippen molar-refractivity contribution in [2.75, 3.05) is 0 Å². The van der Waals surface area contributed by atoms with E-state index in [0.717, 1.165) is 11.1 Å². The summed E-state index contributed by atoms with van der Waals surface area (Å²) in [5.74, 6) is -0.749. The maximum atomic E-state index is 14.7. The van der Waals surface area contributed by atoms with Gasteiger partial charge < -0.3 is 4.74 Å². The number of fused-ring (bicyclic) bond motifs is 1. The number of halogens is 7. The Kier molecular flexibility index (Phi) is 8.31. The highest BCUT2D eigenvalue weighted by Gasteiger charge is 2.73. The van der Waals surface area contributed by atoms with Gasteiger partial charge in [0.05, 0.1) is 6.42 Å². The molecule has 39 heavy (non-hydrogen) atoms. The zero-order chi connectivity index (χ0) is 29.6. The van der Waals surface area contributed by atoms with Gasteiger partial charge in [0, 0.05) is 17.5 Å². The summed E-state index contributed by atoms with van der Waals surface area (Å²) in [4.78, 5) is 25.4. The molecule has 0 fully saturated rings. The lowest BCUT2D eigenvalue weighted by atomic mass is 9.85. The number of alkyl halides is 7. The Morgan fingerprint density at radius 2 is 1.56 bits per heavy atom. The highest BCUT2D eigenvalue weighted by atomic mass is 19.4. The molecule has 0 heterocycles. The summed E-state index contributed by atoms with van der Waals surface area (Å²) >= 11 is 0. The molecular weight excluding hydrogens is 529 g/mol. The Morgan fingerprint density at radius 1 is 0.949 bits per heavy atom. The van der Waals surface area contributed by atoms with E-state index in [9.17, 15) is 40.3 Å². The van der Waals surface area contributed by atoms with Crippen molar-refractivity contribution in [3.63, 3.8) is 0 Å². The molecule has 0 saturated carbocycles. The molecule has 0 bridgehead atoms. The fraction of sp³-hybridized carbons (Fsp3) is 0.517. The van der Waals surface area contributed by atoms with Crippen LogP contribution in [0.5, 0.6) is 0 Å². The second-order valence-corrected chi connectivity index (χ2v) is 11.0. The summed E-state index contributed by atoms with van der Waals surface area (Å²) in [7, 11) is 0. The molecule has 2 aromatic carbocycles. The minimum absolute atomic E-state index is 0.000376. The zero-order valence-electron chi connectivity index (χ0n) is 22.4. The van der Waals surface area contributed by atoms with Crippen molar-refractivity contribution in [2.24, 2.45) is 0 Å². The molecule has 1 aliphatic carbocycles. The van der Waals surface area contributed by atoms with E-state index in [2.05, 4.69) is 0 Å². The predicted octanol–water partition coefficient (Wildman–Crippen LogP) is 8.03. The number of rotatable bonds is 7. The first-order valence-electron chi connectivity index (χ1n) is 12.6. The summed E-state index contributed by atoms with van der Waals surface area (Å²) in [5.41, 5.74) is -5.26. The van der Waals surface area contributed by atoms with Gasteiger partial charge in [-0.1, -0.05) is 31.2 Å². The Labute approximate surface area is 222 Å². The molecule has 1 unspecified atom stereocenters. The number of benzene rings is 2. The molecule has 0 spiro atoms. The Balaban J connectivity index is 1.87. The van der Waals surface area contributed by atoms with Gasteiger partial charge in [-0.15, -0.1) is 0 Å². The molecule has 0 saturated heterocycles. The van der Waals surface area contributed by atoms with E-state index in [1.165, 1.54) is 13.8 Å². The predicted molar refractivity (Wildman–Crippen MR) is 131 cm³/mol. The molecule has 0 aromatic heterocycles. The van der Waals surface area contributed by atoms with Crippen molar-refractivity contribution in [3.8, 4) is 0 Å². The Morgan fingerprint density at radius 3 is 2.10 bits per heavy atom. The third kappa shape index (κ3) is 6.30. The van der Waals surface area contributed by atoms with Crippen molar-refractivity contribution in [3.05, 3.63) is 69.3 Å². The summed E-state index contributed by atoms with van der Waals surface area (Å²) in [6, 6.07) is 6.16. The second kappa shape index (κ2) is 10.6. The van der Waals surface area contributed by atoms with Gasteiger partial charge >= 0.3 is 24.0 Å². The third-order valence-electron chi connectivity index (χ3n) is 6.96. The third-order valence-corrected chi connectivity index (χ3v) is 6.96. The fourth-order valence-electron chi connectivity index (χ4n) is 5.08. The first-order chi connectivity index (χ1) is 17.8. The number of Topliss-reactive ketones (excluding diaryl/α,β-unsaturated/α-hetero) is 1. The fourth-order valence-corrected chi connectivity index (χ4v) is 5.08. The average Bonchev–Trinajstić information content (AvgIpc) is 3.18. The number of aryl methyl sites for hydroxylation is 3.